The second-order valence-corrected chi connectivity index (χ2v) is 12.2. The predicted molar refractivity (Wildman–Crippen MR) is 158 cm³/mol. The molecular weight excluding hydrogens is 569 g/mol. The Hall–Kier alpha value is -2.34. The average molecular weight is 589 g/mol. The molecule has 4 heterocycles. The summed E-state index contributed by atoms with van der Waals surface area (Å²) < 4.78 is 0. The third-order valence-corrected chi connectivity index (χ3v) is 9.42. The molecule has 0 bridgehead atoms. The first-order valence-electron chi connectivity index (χ1n) is 10.3. The van der Waals surface area contributed by atoms with Crippen molar-refractivity contribution in [2.45, 2.75) is 0 Å². The Morgan fingerprint density at radius 3 is 1.11 bits per heavy atom. The van der Waals surface area contributed by atoms with Crippen molar-refractivity contribution in [2.24, 2.45) is 0 Å². The quantitative estimate of drug-likeness (QED) is 0.137. The zero-order chi connectivity index (χ0) is 25.9. The fraction of sp³-hybridized carbons (Fsp3) is 0.0769. The summed E-state index contributed by atoms with van der Waals surface area (Å²) in [6.45, 7) is 0. The van der Waals surface area contributed by atoms with Gasteiger partial charge < -0.3 is 0 Å². The van der Waals surface area contributed by atoms with Gasteiger partial charge in [-0.1, -0.05) is 24.3 Å². The Morgan fingerprint density at radius 1 is 0.556 bits per heavy atom. The molecule has 0 spiro atoms. The van der Waals surface area contributed by atoms with Crippen LogP contribution in [0.4, 0.5) is 0 Å². The first-order valence-corrected chi connectivity index (χ1v) is 16.2. The minimum Gasteiger partial charge on any atom is -0.288 e. The van der Waals surface area contributed by atoms with Gasteiger partial charge in [0, 0.05) is 12.2 Å². The predicted octanol–water partition coefficient (Wildman–Crippen LogP) is 8.24. The van der Waals surface area contributed by atoms with E-state index in [1.54, 1.807) is 36.8 Å². The smallest absolute Gasteiger partial charge is 0.209 e. The minimum absolute atomic E-state index is 0.0811. The van der Waals surface area contributed by atoms with Crippen LogP contribution in [0.5, 0.6) is 0 Å². The molecule has 0 aliphatic heterocycles. The number of rotatable bonds is 10. The van der Waals surface area contributed by atoms with Crippen LogP contribution in [-0.2, 0) is 0 Å². The van der Waals surface area contributed by atoms with Crippen molar-refractivity contribution in [3.8, 4) is 0 Å². The molecule has 4 aromatic rings. The summed E-state index contributed by atoms with van der Waals surface area (Å²) in [5.41, 5.74) is 0. The highest BCUT2D eigenvalue weighted by molar-refractivity contribution is 8.03. The Balaban J connectivity index is 0.000000201. The molecule has 0 fully saturated rings. The summed E-state index contributed by atoms with van der Waals surface area (Å²) in [6.07, 6.45) is 6.47. The SMILES string of the molecule is CS/C(=C\C(=O)c1cccs1)C(=O)c1cccs1.CS/C(=C\C(=O)c1cccs1)C(=O)c1cccs1. The Bertz CT molecular complexity index is 1240. The van der Waals surface area contributed by atoms with E-state index in [2.05, 4.69) is 0 Å². The first kappa shape index (κ1) is 28.2. The molecular formula is C26H20O4S6. The van der Waals surface area contributed by atoms with Gasteiger partial charge in [0.1, 0.15) is 0 Å². The number of thiophene rings is 4. The molecule has 0 saturated carbocycles. The van der Waals surface area contributed by atoms with E-state index in [9.17, 15) is 19.2 Å². The number of ketones is 4. The summed E-state index contributed by atoms with van der Waals surface area (Å²) in [4.78, 5) is 51.7. The Morgan fingerprint density at radius 2 is 0.861 bits per heavy atom. The van der Waals surface area contributed by atoms with E-state index in [0.717, 1.165) is 0 Å². The standard InChI is InChI=1S/2C13H10O2S3/c2*1-16-12(13(15)11-5-3-7-18-11)8-9(14)10-4-2-6-17-10/h2*2-8H,1H3/b2*12-8-. The molecule has 10 heteroatoms. The lowest BCUT2D eigenvalue weighted by Crippen LogP contribution is -2.01. The number of hydrogen-bond donors (Lipinski definition) is 0. The lowest BCUT2D eigenvalue weighted by Gasteiger charge is -2.00. The molecule has 36 heavy (non-hydrogen) atoms. The zero-order valence-corrected chi connectivity index (χ0v) is 24.1. The molecule has 184 valence electrons. The maximum absolute atomic E-state index is 12.1. The van der Waals surface area contributed by atoms with Crippen molar-refractivity contribution in [2.75, 3.05) is 12.5 Å². The number of thioether (sulfide) groups is 2. The highest BCUT2D eigenvalue weighted by Crippen LogP contribution is 2.24. The van der Waals surface area contributed by atoms with Gasteiger partial charge in [-0.05, 0) is 58.3 Å². The van der Waals surface area contributed by atoms with Crippen molar-refractivity contribution >= 4 is 92.0 Å². The van der Waals surface area contributed by atoms with Crippen molar-refractivity contribution in [1.82, 2.24) is 0 Å². The monoisotopic (exact) mass is 588 g/mol. The molecule has 0 aliphatic rings. The molecule has 0 aliphatic carbocycles. The number of Topliss-reactive ketones (excluding diaryl/α,β-unsaturated/α-hetero) is 2. The molecule has 4 rings (SSSR count). The highest BCUT2D eigenvalue weighted by Gasteiger charge is 2.16. The second kappa shape index (κ2) is 14.4. The van der Waals surface area contributed by atoms with Gasteiger partial charge in [0.25, 0.3) is 0 Å². The maximum atomic E-state index is 12.1. The third-order valence-electron chi connectivity index (χ3n) is 4.43. The third kappa shape index (κ3) is 7.83. The van der Waals surface area contributed by atoms with Crippen LogP contribution in [0.1, 0.15) is 38.7 Å². The molecule has 0 N–H and O–H groups in total. The lowest BCUT2D eigenvalue weighted by molar-refractivity contribution is 0.102. The highest BCUT2D eigenvalue weighted by atomic mass is 32.2. The number of carbonyl (C=O) groups is 4. The lowest BCUT2D eigenvalue weighted by atomic mass is 10.2. The van der Waals surface area contributed by atoms with Crippen LogP contribution < -0.4 is 0 Å². The van der Waals surface area contributed by atoms with Gasteiger partial charge in [0.2, 0.25) is 11.6 Å². The van der Waals surface area contributed by atoms with E-state index in [4.69, 9.17) is 0 Å². The van der Waals surface area contributed by atoms with E-state index in [1.807, 2.05) is 45.8 Å². The fourth-order valence-corrected chi connectivity index (χ4v) is 6.51. The van der Waals surface area contributed by atoms with Crippen molar-refractivity contribution in [3.63, 3.8) is 0 Å². The Labute approximate surface area is 233 Å². The van der Waals surface area contributed by atoms with Crippen LogP contribution in [-0.4, -0.2) is 35.6 Å². The van der Waals surface area contributed by atoms with Crippen molar-refractivity contribution < 1.29 is 19.2 Å². The van der Waals surface area contributed by atoms with Gasteiger partial charge in [-0.2, -0.15) is 0 Å². The zero-order valence-electron chi connectivity index (χ0n) is 19.2. The summed E-state index contributed by atoms with van der Waals surface area (Å²) in [5, 5.41) is 7.40. The minimum atomic E-state index is -0.112. The number of allylic oxidation sites excluding steroid dienone is 4. The summed E-state index contributed by atoms with van der Waals surface area (Å²) in [5.74, 6) is -0.386. The van der Waals surface area contributed by atoms with Gasteiger partial charge in [-0.25, -0.2) is 0 Å². The van der Waals surface area contributed by atoms with Crippen LogP contribution in [0.2, 0.25) is 0 Å². The molecule has 0 atom stereocenters. The fourth-order valence-electron chi connectivity index (χ4n) is 2.71. The molecule has 0 unspecified atom stereocenters. The van der Waals surface area contributed by atoms with Gasteiger partial charge in [0.05, 0.1) is 29.3 Å². The van der Waals surface area contributed by atoms with Crippen LogP contribution in [0.3, 0.4) is 0 Å². The average Bonchev–Trinajstić information content (AvgIpc) is 3.72. The second-order valence-electron chi connectivity index (χ2n) is 6.72. The Kier molecular flexibility index (Phi) is 11.3. The first-order chi connectivity index (χ1) is 17.4. The largest absolute Gasteiger partial charge is 0.288 e. The summed E-state index contributed by atoms with van der Waals surface area (Å²) in [6, 6.07) is 14.4. The van der Waals surface area contributed by atoms with Gasteiger partial charge >= 0.3 is 0 Å². The van der Waals surface area contributed by atoms with Crippen LogP contribution >= 0.6 is 68.9 Å². The van der Waals surface area contributed by atoms with E-state index >= 15 is 0 Å². The van der Waals surface area contributed by atoms with E-state index in [0.29, 0.717) is 29.3 Å². The van der Waals surface area contributed by atoms with Crippen LogP contribution in [0.25, 0.3) is 0 Å². The summed E-state index contributed by atoms with van der Waals surface area (Å²) in [7, 11) is 0. The van der Waals surface area contributed by atoms with E-state index in [-0.39, 0.29) is 23.1 Å². The van der Waals surface area contributed by atoms with Crippen molar-refractivity contribution in [1.29, 1.82) is 0 Å². The molecule has 4 nitrogen and oxygen atoms in total. The maximum Gasteiger partial charge on any atom is 0.209 e. The summed E-state index contributed by atoms with van der Waals surface area (Å²) >= 11 is 8.14. The van der Waals surface area contributed by atoms with Gasteiger partial charge in [-0.15, -0.1) is 68.9 Å². The molecule has 0 aromatic carbocycles. The number of hydrogen-bond acceptors (Lipinski definition) is 10. The molecule has 0 radical (unpaired) electrons. The van der Waals surface area contributed by atoms with Gasteiger partial charge in [-0.3, -0.25) is 19.2 Å². The van der Waals surface area contributed by atoms with Crippen LogP contribution in [0, 0.1) is 0 Å². The normalized spacial score (nSPS) is 11.5. The van der Waals surface area contributed by atoms with Gasteiger partial charge in [0.15, 0.2) is 11.6 Å². The van der Waals surface area contributed by atoms with E-state index < -0.39 is 0 Å². The van der Waals surface area contributed by atoms with Crippen molar-refractivity contribution in [3.05, 3.63) is 112 Å². The topological polar surface area (TPSA) is 68.3 Å². The number of carbonyl (C=O) groups excluding carboxylic acids is 4. The molecule has 4 aromatic heterocycles. The molecule has 0 saturated heterocycles. The van der Waals surface area contributed by atoms with E-state index in [1.165, 1.54) is 81.0 Å². The van der Waals surface area contributed by atoms with Crippen LogP contribution in [0.15, 0.2) is 92.0 Å². The molecule has 0 amide bonds.